The third-order valence-corrected chi connectivity index (χ3v) is 3.14. The zero-order valence-corrected chi connectivity index (χ0v) is 11.6. The van der Waals surface area contributed by atoms with E-state index >= 15 is 0 Å². The maximum absolute atomic E-state index is 11.0. The Balaban J connectivity index is 2.36. The minimum absolute atomic E-state index is 0.0883. The number of hydrogen-bond donors (Lipinski definition) is 1. The smallest absolute Gasteiger partial charge is 0.311 e. The molecule has 0 spiro atoms. The third kappa shape index (κ3) is 3.07. The average Bonchev–Trinajstić information content (AvgIpc) is 2.38. The highest BCUT2D eigenvalue weighted by atomic mass is 35.5. The summed E-state index contributed by atoms with van der Waals surface area (Å²) in [5.41, 5.74) is 7.09. The highest BCUT2D eigenvalue weighted by Gasteiger charge is 2.16. The summed E-state index contributed by atoms with van der Waals surface area (Å²) in [6, 6.07) is 9.70. The quantitative estimate of drug-likeness (QED) is 0.686. The number of benzene rings is 2. The molecule has 2 aromatic carbocycles. The first kappa shape index (κ1) is 14.3. The molecule has 0 unspecified atom stereocenters. The van der Waals surface area contributed by atoms with Crippen molar-refractivity contribution in [1.82, 2.24) is 0 Å². The van der Waals surface area contributed by atoms with Crippen LogP contribution < -0.4 is 10.5 Å². The van der Waals surface area contributed by atoms with Gasteiger partial charge in [0, 0.05) is 17.6 Å². The summed E-state index contributed by atoms with van der Waals surface area (Å²) in [4.78, 5) is 10.5. The van der Waals surface area contributed by atoms with Crippen LogP contribution in [0.5, 0.6) is 11.5 Å². The van der Waals surface area contributed by atoms with Crippen LogP contribution in [0.3, 0.4) is 0 Å². The lowest BCUT2D eigenvalue weighted by molar-refractivity contribution is -0.385. The average molecular weight is 293 g/mol. The minimum Gasteiger partial charge on any atom is -0.450 e. The Labute approximate surface area is 121 Å². The second kappa shape index (κ2) is 5.90. The number of aryl methyl sites for hydroxylation is 1. The van der Waals surface area contributed by atoms with Crippen LogP contribution in [0.25, 0.3) is 0 Å². The van der Waals surface area contributed by atoms with Crippen molar-refractivity contribution in [3.05, 3.63) is 62.7 Å². The van der Waals surface area contributed by atoms with E-state index in [0.717, 1.165) is 11.1 Å². The van der Waals surface area contributed by atoms with Gasteiger partial charge in [-0.2, -0.15) is 0 Å². The van der Waals surface area contributed by atoms with Gasteiger partial charge in [-0.1, -0.05) is 23.7 Å². The van der Waals surface area contributed by atoms with E-state index in [1.807, 2.05) is 6.92 Å². The predicted octanol–water partition coefficient (Wildman–Crippen LogP) is 3.81. The van der Waals surface area contributed by atoms with Crippen molar-refractivity contribution in [2.24, 2.45) is 5.73 Å². The Hall–Kier alpha value is -2.11. The molecule has 0 saturated heterocycles. The lowest BCUT2D eigenvalue weighted by Crippen LogP contribution is -1.98. The lowest BCUT2D eigenvalue weighted by Gasteiger charge is -2.09. The van der Waals surface area contributed by atoms with Gasteiger partial charge < -0.3 is 10.5 Å². The van der Waals surface area contributed by atoms with Gasteiger partial charge in [0.05, 0.1) is 4.92 Å². The van der Waals surface area contributed by atoms with Crippen molar-refractivity contribution in [2.45, 2.75) is 13.5 Å². The molecule has 0 heterocycles. The summed E-state index contributed by atoms with van der Waals surface area (Å²) < 4.78 is 5.57. The van der Waals surface area contributed by atoms with E-state index in [1.165, 1.54) is 6.07 Å². The van der Waals surface area contributed by atoms with E-state index in [4.69, 9.17) is 22.1 Å². The molecule has 0 radical (unpaired) electrons. The van der Waals surface area contributed by atoms with Gasteiger partial charge in [-0.15, -0.1) is 0 Å². The fraction of sp³-hybridized carbons (Fsp3) is 0.143. The first-order chi connectivity index (χ1) is 9.51. The van der Waals surface area contributed by atoms with Crippen molar-refractivity contribution in [2.75, 3.05) is 0 Å². The lowest BCUT2D eigenvalue weighted by atomic mass is 10.2. The van der Waals surface area contributed by atoms with Crippen LogP contribution in [0.2, 0.25) is 5.02 Å². The number of nitrogens with zero attached hydrogens (tertiary/aromatic N) is 1. The van der Waals surface area contributed by atoms with E-state index < -0.39 is 4.92 Å². The molecule has 0 aliphatic heterocycles. The number of ether oxygens (including phenoxy) is 1. The van der Waals surface area contributed by atoms with Crippen LogP contribution in [0, 0.1) is 17.0 Å². The highest BCUT2D eigenvalue weighted by Crippen LogP contribution is 2.33. The maximum atomic E-state index is 11.0. The molecule has 20 heavy (non-hydrogen) atoms. The van der Waals surface area contributed by atoms with Gasteiger partial charge in [-0.25, -0.2) is 0 Å². The first-order valence-corrected chi connectivity index (χ1v) is 6.30. The predicted molar refractivity (Wildman–Crippen MR) is 77.3 cm³/mol. The van der Waals surface area contributed by atoms with Gasteiger partial charge in [0.25, 0.3) is 0 Å². The molecule has 2 aromatic rings. The van der Waals surface area contributed by atoms with E-state index in [9.17, 15) is 10.1 Å². The van der Waals surface area contributed by atoms with Gasteiger partial charge >= 0.3 is 5.69 Å². The van der Waals surface area contributed by atoms with Gasteiger partial charge in [0.15, 0.2) is 0 Å². The van der Waals surface area contributed by atoms with Gasteiger partial charge in [-0.3, -0.25) is 10.1 Å². The van der Waals surface area contributed by atoms with E-state index in [2.05, 4.69) is 0 Å². The molecule has 2 rings (SSSR count). The first-order valence-electron chi connectivity index (χ1n) is 5.92. The molecule has 0 fully saturated rings. The highest BCUT2D eigenvalue weighted by molar-refractivity contribution is 6.31. The number of hydrogen-bond acceptors (Lipinski definition) is 4. The standard InChI is InChI=1S/C14H13ClN2O3/c1-9-2-5-13(17(18)19)14(6-9)20-11-4-3-10(8-16)12(15)7-11/h2-7H,8,16H2,1H3. The number of nitrogens with two attached hydrogens (primary N) is 1. The van der Waals surface area contributed by atoms with Crippen LogP contribution in [0.15, 0.2) is 36.4 Å². The molecule has 5 nitrogen and oxygen atoms in total. The number of rotatable bonds is 4. The maximum Gasteiger partial charge on any atom is 0.311 e. The Morgan fingerprint density at radius 3 is 2.65 bits per heavy atom. The number of nitro groups is 1. The zero-order chi connectivity index (χ0) is 14.7. The van der Waals surface area contributed by atoms with Crippen molar-refractivity contribution in [3.63, 3.8) is 0 Å². The van der Waals surface area contributed by atoms with Crippen molar-refractivity contribution in [3.8, 4) is 11.5 Å². The molecule has 0 aromatic heterocycles. The van der Waals surface area contributed by atoms with Crippen molar-refractivity contribution in [1.29, 1.82) is 0 Å². The Morgan fingerprint density at radius 2 is 2.05 bits per heavy atom. The molecule has 0 aliphatic carbocycles. The zero-order valence-electron chi connectivity index (χ0n) is 10.8. The number of halogens is 1. The molecule has 0 bridgehead atoms. The SMILES string of the molecule is Cc1ccc([N+](=O)[O-])c(Oc2ccc(CN)c(Cl)c2)c1. The molecule has 104 valence electrons. The summed E-state index contributed by atoms with van der Waals surface area (Å²) in [5, 5.41) is 11.4. The molecule has 6 heteroatoms. The molecule has 0 atom stereocenters. The number of nitro benzene ring substituents is 1. The topological polar surface area (TPSA) is 78.4 Å². The van der Waals surface area contributed by atoms with Gasteiger partial charge in [0.1, 0.15) is 5.75 Å². The molecule has 2 N–H and O–H groups in total. The Kier molecular flexibility index (Phi) is 4.22. The van der Waals surface area contributed by atoms with Crippen molar-refractivity contribution < 1.29 is 9.66 Å². The Morgan fingerprint density at radius 1 is 1.30 bits per heavy atom. The molecule has 0 saturated carbocycles. The van der Waals surface area contributed by atoms with Crippen LogP contribution in [-0.4, -0.2) is 4.92 Å². The summed E-state index contributed by atoms with van der Waals surface area (Å²) in [5.74, 6) is 0.618. The largest absolute Gasteiger partial charge is 0.450 e. The monoisotopic (exact) mass is 292 g/mol. The summed E-state index contributed by atoms with van der Waals surface area (Å²) >= 11 is 6.04. The van der Waals surface area contributed by atoms with Crippen LogP contribution >= 0.6 is 11.6 Å². The Bertz CT molecular complexity index is 659. The molecular weight excluding hydrogens is 280 g/mol. The molecule has 0 aliphatic rings. The van der Waals surface area contributed by atoms with Crippen LogP contribution in [-0.2, 0) is 6.54 Å². The van der Waals surface area contributed by atoms with E-state index in [0.29, 0.717) is 17.3 Å². The summed E-state index contributed by atoms with van der Waals surface area (Å²) in [6.45, 7) is 2.16. The van der Waals surface area contributed by atoms with Gasteiger partial charge in [0.2, 0.25) is 5.75 Å². The van der Waals surface area contributed by atoms with Crippen LogP contribution in [0.4, 0.5) is 5.69 Å². The second-order valence-electron chi connectivity index (χ2n) is 4.29. The van der Waals surface area contributed by atoms with Gasteiger partial charge in [-0.05, 0) is 36.2 Å². The fourth-order valence-electron chi connectivity index (χ4n) is 1.74. The van der Waals surface area contributed by atoms with E-state index in [1.54, 1.807) is 30.3 Å². The van der Waals surface area contributed by atoms with Crippen LogP contribution in [0.1, 0.15) is 11.1 Å². The minimum atomic E-state index is -0.482. The summed E-state index contributed by atoms with van der Waals surface area (Å²) in [6.07, 6.45) is 0. The van der Waals surface area contributed by atoms with Crippen molar-refractivity contribution >= 4 is 17.3 Å². The normalized spacial score (nSPS) is 10.3. The summed E-state index contributed by atoms with van der Waals surface area (Å²) in [7, 11) is 0. The molecular formula is C14H13ClN2O3. The fourth-order valence-corrected chi connectivity index (χ4v) is 1.99. The van der Waals surface area contributed by atoms with E-state index in [-0.39, 0.29) is 11.4 Å². The third-order valence-electron chi connectivity index (χ3n) is 2.78. The molecule has 0 amide bonds. The second-order valence-corrected chi connectivity index (χ2v) is 4.69.